The van der Waals surface area contributed by atoms with Gasteiger partial charge in [-0.25, -0.2) is 0 Å². The molecule has 0 aliphatic rings. The van der Waals surface area contributed by atoms with Crippen molar-refractivity contribution in [3.8, 4) is 22.3 Å². The lowest BCUT2D eigenvalue weighted by atomic mass is 9.96. The number of hydrogen-bond donors (Lipinski definition) is 0. The summed E-state index contributed by atoms with van der Waals surface area (Å²) in [6.45, 7) is 0. The zero-order valence-electron chi connectivity index (χ0n) is 14.1. The molecular weight excluding hydrogens is 316 g/mol. The highest BCUT2D eigenvalue weighted by atomic mass is 14.7. The molecule has 0 aliphatic heterocycles. The summed E-state index contributed by atoms with van der Waals surface area (Å²) in [6.07, 6.45) is 5.75. The van der Waals surface area contributed by atoms with Gasteiger partial charge in [0.05, 0.1) is 5.52 Å². The molecule has 0 aliphatic carbocycles. The van der Waals surface area contributed by atoms with Gasteiger partial charge >= 0.3 is 0 Å². The Kier molecular flexibility index (Phi) is 3.46. The molecule has 0 unspecified atom stereocenters. The van der Waals surface area contributed by atoms with Crippen molar-refractivity contribution < 1.29 is 0 Å². The van der Waals surface area contributed by atoms with Crippen LogP contribution in [0.25, 0.3) is 43.9 Å². The molecule has 2 heteroatoms. The first-order chi connectivity index (χ1) is 12.9. The summed E-state index contributed by atoms with van der Waals surface area (Å²) in [7, 11) is 0. The van der Waals surface area contributed by atoms with Gasteiger partial charge in [0.1, 0.15) is 0 Å². The number of rotatable bonds is 2. The van der Waals surface area contributed by atoms with Crippen LogP contribution in [0.4, 0.5) is 0 Å². The standard InChI is InChI=1S/C24H16N2/c1-3-7-17(8-4-1)19-13-14-26-24-21(19)12-11-20-22(15-25-16-23(20)24)18-9-5-2-6-10-18/h1-16H. The molecule has 26 heavy (non-hydrogen) atoms. The van der Waals surface area contributed by atoms with Crippen LogP contribution in [0.15, 0.2) is 97.5 Å². The van der Waals surface area contributed by atoms with Crippen molar-refractivity contribution in [3.63, 3.8) is 0 Å². The highest BCUT2D eigenvalue weighted by Crippen LogP contribution is 2.35. The minimum Gasteiger partial charge on any atom is -0.263 e. The lowest BCUT2D eigenvalue weighted by molar-refractivity contribution is 1.35. The highest BCUT2D eigenvalue weighted by Gasteiger charge is 2.11. The molecule has 2 nitrogen and oxygen atoms in total. The molecule has 0 radical (unpaired) electrons. The van der Waals surface area contributed by atoms with Crippen LogP contribution in [0.3, 0.4) is 0 Å². The zero-order chi connectivity index (χ0) is 17.3. The zero-order valence-corrected chi connectivity index (χ0v) is 14.1. The first kappa shape index (κ1) is 14.8. The minimum absolute atomic E-state index is 0.995. The van der Waals surface area contributed by atoms with Gasteiger partial charge in [0.15, 0.2) is 0 Å². The van der Waals surface area contributed by atoms with E-state index in [2.05, 4.69) is 71.7 Å². The van der Waals surface area contributed by atoms with E-state index < -0.39 is 0 Å². The van der Waals surface area contributed by atoms with Crippen molar-refractivity contribution >= 4 is 21.7 Å². The monoisotopic (exact) mass is 332 g/mol. The van der Waals surface area contributed by atoms with Crippen LogP contribution < -0.4 is 0 Å². The number of benzene rings is 3. The van der Waals surface area contributed by atoms with Crippen molar-refractivity contribution in [2.45, 2.75) is 0 Å². The number of nitrogens with zero attached hydrogens (tertiary/aromatic N) is 2. The van der Waals surface area contributed by atoms with E-state index in [1.165, 1.54) is 22.1 Å². The predicted molar refractivity (Wildman–Crippen MR) is 108 cm³/mol. The normalized spacial score (nSPS) is 11.1. The average Bonchev–Trinajstić information content (AvgIpc) is 2.74. The Morgan fingerprint density at radius 1 is 0.500 bits per heavy atom. The second-order valence-electron chi connectivity index (χ2n) is 6.33. The number of fused-ring (bicyclic) bond motifs is 3. The SMILES string of the molecule is c1ccc(-c2cncc3c2ccc2c(-c4ccccc4)ccnc23)cc1. The summed E-state index contributed by atoms with van der Waals surface area (Å²) < 4.78 is 0. The van der Waals surface area contributed by atoms with Crippen LogP contribution in [0.2, 0.25) is 0 Å². The Balaban J connectivity index is 1.82. The van der Waals surface area contributed by atoms with Crippen LogP contribution in [-0.2, 0) is 0 Å². The summed E-state index contributed by atoms with van der Waals surface area (Å²) in [5.74, 6) is 0. The van der Waals surface area contributed by atoms with E-state index in [9.17, 15) is 0 Å². The first-order valence-electron chi connectivity index (χ1n) is 8.68. The maximum absolute atomic E-state index is 4.69. The molecule has 0 bridgehead atoms. The summed E-state index contributed by atoms with van der Waals surface area (Å²) in [6, 6.07) is 27.3. The molecule has 0 amide bonds. The molecule has 2 aromatic heterocycles. The predicted octanol–water partition coefficient (Wildman–Crippen LogP) is 6.12. The molecule has 0 atom stereocenters. The quantitative estimate of drug-likeness (QED) is 0.364. The molecule has 0 fully saturated rings. The van der Waals surface area contributed by atoms with Gasteiger partial charge in [0.25, 0.3) is 0 Å². The van der Waals surface area contributed by atoms with E-state index in [4.69, 9.17) is 4.98 Å². The smallest absolute Gasteiger partial charge is 0.0802 e. The van der Waals surface area contributed by atoms with Gasteiger partial charge in [0, 0.05) is 34.9 Å². The molecule has 5 aromatic rings. The molecule has 5 rings (SSSR count). The van der Waals surface area contributed by atoms with Crippen LogP contribution in [0.1, 0.15) is 0 Å². The number of aromatic nitrogens is 2. The lowest BCUT2D eigenvalue weighted by Crippen LogP contribution is -1.89. The largest absolute Gasteiger partial charge is 0.263 e. The van der Waals surface area contributed by atoms with E-state index in [1.54, 1.807) is 0 Å². The molecule has 0 saturated carbocycles. The Hall–Kier alpha value is -3.52. The van der Waals surface area contributed by atoms with E-state index in [1.807, 2.05) is 30.7 Å². The fourth-order valence-electron chi connectivity index (χ4n) is 3.58. The third-order valence-electron chi connectivity index (χ3n) is 4.82. The van der Waals surface area contributed by atoms with E-state index >= 15 is 0 Å². The third-order valence-corrected chi connectivity index (χ3v) is 4.82. The summed E-state index contributed by atoms with van der Waals surface area (Å²) in [5.41, 5.74) is 5.70. The number of hydrogen-bond acceptors (Lipinski definition) is 2. The Morgan fingerprint density at radius 3 is 1.88 bits per heavy atom. The minimum atomic E-state index is 0.995. The summed E-state index contributed by atoms with van der Waals surface area (Å²) >= 11 is 0. The Morgan fingerprint density at radius 2 is 1.15 bits per heavy atom. The molecular formula is C24H16N2. The summed E-state index contributed by atoms with van der Waals surface area (Å²) in [4.78, 5) is 9.19. The lowest BCUT2D eigenvalue weighted by Gasteiger charge is -2.11. The third kappa shape index (κ3) is 2.35. The first-order valence-corrected chi connectivity index (χ1v) is 8.68. The Labute approximate surface area is 151 Å². The second-order valence-corrected chi connectivity index (χ2v) is 6.33. The van der Waals surface area contributed by atoms with Gasteiger partial charge < -0.3 is 0 Å². The van der Waals surface area contributed by atoms with Crippen molar-refractivity contribution in [2.24, 2.45) is 0 Å². The molecule has 3 aromatic carbocycles. The summed E-state index contributed by atoms with van der Waals surface area (Å²) in [5, 5.41) is 3.41. The fourth-order valence-corrected chi connectivity index (χ4v) is 3.58. The van der Waals surface area contributed by atoms with Crippen molar-refractivity contribution in [3.05, 3.63) is 97.5 Å². The highest BCUT2D eigenvalue weighted by molar-refractivity contribution is 6.13. The van der Waals surface area contributed by atoms with Gasteiger partial charge in [-0.15, -0.1) is 0 Å². The van der Waals surface area contributed by atoms with Gasteiger partial charge in [0.2, 0.25) is 0 Å². The van der Waals surface area contributed by atoms with E-state index in [0.29, 0.717) is 0 Å². The maximum atomic E-state index is 4.69. The van der Waals surface area contributed by atoms with E-state index in [0.717, 1.165) is 21.9 Å². The van der Waals surface area contributed by atoms with Crippen LogP contribution >= 0.6 is 0 Å². The molecule has 0 N–H and O–H groups in total. The van der Waals surface area contributed by atoms with Crippen molar-refractivity contribution in [2.75, 3.05) is 0 Å². The molecule has 0 spiro atoms. The molecule has 122 valence electrons. The van der Waals surface area contributed by atoms with E-state index in [-0.39, 0.29) is 0 Å². The Bertz CT molecular complexity index is 1110. The fraction of sp³-hybridized carbons (Fsp3) is 0. The second kappa shape index (κ2) is 6.08. The van der Waals surface area contributed by atoms with Gasteiger partial charge in [-0.2, -0.15) is 0 Å². The maximum Gasteiger partial charge on any atom is 0.0802 e. The van der Waals surface area contributed by atoms with Crippen molar-refractivity contribution in [1.82, 2.24) is 9.97 Å². The average molecular weight is 332 g/mol. The molecule has 0 saturated heterocycles. The van der Waals surface area contributed by atoms with Crippen LogP contribution in [0.5, 0.6) is 0 Å². The topological polar surface area (TPSA) is 25.8 Å². The van der Waals surface area contributed by atoms with Gasteiger partial charge in [-0.05, 0) is 28.1 Å². The molecule has 2 heterocycles. The van der Waals surface area contributed by atoms with Crippen LogP contribution in [0, 0.1) is 0 Å². The van der Waals surface area contributed by atoms with Gasteiger partial charge in [-0.3, -0.25) is 9.97 Å². The number of pyridine rings is 2. The van der Waals surface area contributed by atoms with Crippen LogP contribution in [-0.4, -0.2) is 9.97 Å². The van der Waals surface area contributed by atoms with Gasteiger partial charge in [-0.1, -0.05) is 72.8 Å². The van der Waals surface area contributed by atoms with Crippen molar-refractivity contribution in [1.29, 1.82) is 0 Å².